The van der Waals surface area contributed by atoms with Gasteiger partial charge in [-0.3, -0.25) is 4.79 Å². The first-order valence-electron chi connectivity index (χ1n) is 13.4. The normalized spacial score (nSPS) is 12.3. The summed E-state index contributed by atoms with van der Waals surface area (Å²) in [7, 11) is 0. The number of carbonyl (C=O) groups is 2. The Morgan fingerprint density at radius 2 is 1.35 bits per heavy atom. The van der Waals surface area contributed by atoms with Gasteiger partial charge in [0.05, 0.1) is 18.1 Å². The van der Waals surface area contributed by atoms with Crippen LogP contribution in [0.4, 0.5) is 5.69 Å². The van der Waals surface area contributed by atoms with Crippen LogP contribution < -0.4 is 5.32 Å². The fraction of sp³-hybridized carbons (Fsp3) is 0.724. The van der Waals surface area contributed by atoms with Crippen LogP contribution >= 0.6 is 0 Å². The van der Waals surface area contributed by atoms with Crippen molar-refractivity contribution >= 4 is 17.6 Å². The molecular weight excluding hydrogens is 426 g/mol. The molecule has 1 rings (SSSR count). The Morgan fingerprint density at radius 3 is 1.88 bits per heavy atom. The second-order valence-electron chi connectivity index (χ2n) is 10.6. The molecule has 1 unspecified atom stereocenters. The Morgan fingerprint density at radius 1 is 0.824 bits per heavy atom. The topological polar surface area (TPSA) is 64.6 Å². The summed E-state index contributed by atoms with van der Waals surface area (Å²) in [5.74, 6) is -1.24. The lowest BCUT2D eigenvalue weighted by molar-refractivity contribution is -0.148. The van der Waals surface area contributed by atoms with Crippen molar-refractivity contribution in [3.8, 4) is 0 Å². The lowest BCUT2D eigenvalue weighted by atomic mass is 9.89. The maximum absolute atomic E-state index is 12.2. The van der Waals surface area contributed by atoms with Crippen molar-refractivity contribution in [2.45, 2.75) is 105 Å². The number of unbranched alkanes of at least 4 members (excludes halogenated alkanes) is 9. The van der Waals surface area contributed by atoms with Crippen LogP contribution in [-0.4, -0.2) is 31.7 Å². The lowest BCUT2D eigenvalue weighted by Crippen LogP contribution is -2.21. The zero-order valence-electron chi connectivity index (χ0n) is 22.4. The first-order valence-corrected chi connectivity index (χ1v) is 13.4. The lowest BCUT2D eigenvalue weighted by Gasteiger charge is -2.17. The Hall–Kier alpha value is -2.04. The minimum atomic E-state index is -0.465. The summed E-state index contributed by atoms with van der Waals surface area (Å²) in [6.45, 7) is 11.7. The van der Waals surface area contributed by atoms with Crippen molar-refractivity contribution in [3.63, 3.8) is 0 Å². The molecule has 0 aliphatic heterocycles. The molecule has 0 saturated heterocycles. The number of esters is 2. The van der Waals surface area contributed by atoms with E-state index in [-0.39, 0.29) is 12.6 Å². The monoisotopic (exact) mass is 475 g/mol. The summed E-state index contributed by atoms with van der Waals surface area (Å²) < 4.78 is 10.1. The summed E-state index contributed by atoms with van der Waals surface area (Å²) >= 11 is 0. The van der Waals surface area contributed by atoms with Gasteiger partial charge in [-0.1, -0.05) is 78.6 Å². The number of nitrogens with one attached hydrogen (secondary N) is 1. The average molecular weight is 476 g/mol. The van der Waals surface area contributed by atoms with Gasteiger partial charge in [-0.2, -0.15) is 0 Å². The molecule has 0 saturated carbocycles. The van der Waals surface area contributed by atoms with E-state index >= 15 is 0 Å². The van der Waals surface area contributed by atoms with Gasteiger partial charge in [0.1, 0.15) is 6.61 Å². The highest BCUT2D eigenvalue weighted by molar-refractivity contribution is 5.90. The number of ether oxygens (including phenoxy) is 2. The van der Waals surface area contributed by atoms with Crippen molar-refractivity contribution in [2.24, 2.45) is 11.3 Å². The van der Waals surface area contributed by atoms with Gasteiger partial charge in [0.2, 0.25) is 0 Å². The predicted molar refractivity (Wildman–Crippen MR) is 141 cm³/mol. The number of carbonyl (C=O) groups excluding carboxylic acids is 2. The molecular formula is C29H49NO4. The van der Waals surface area contributed by atoms with Crippen molar-refractivity contribution in [3.05, 3.63) is 29.8 Å². The number of anilines is 1. The average Bonchev–Trinajstić information content (AvgIpc) is 2.80. The fourth-order valence-electron chi connectivity index (χ4n) is 3.79. The summed E-state index contributed by atoms with van der Waals surface area (Å²) in [6.07, 6.45) is 14.7. The maximum Gasteiger partial charge on any atom is 0.338 e. The molecule has 1 N–H and O–H groups in total. The molecule has 34 heavy (non-hydrogen) atoms. The number of hydrogen-bond donors (Lipinski definition) is 1. The third-order valence-corrected chi connectivity index (χ3v) is 5.96. The summed E-state index contributed by atoms with van der Waals surface area (Å²) in [5.41, 5.74) is 1.97. The fourth-order valence-corrected chi connectivity index (χ4v) is 3.79. The van der Waals surface area contributed by atoms with Crippen molar-refractivity contribution in [2.75, 3.05) is 25.1 Å². The Labute approximate surface area is 208 Å². The molecule has 1 atom stereocenters. The standard InChI is InChI=1S/C29H49NO4/c1-6-33-27(31)24(2)23-34-28(32)25-17-19-26(20-18-25)30-22-16-14-12-10-8-7-9-11-13-15-21-29(3,4)5/h17-20,24,30H,6-16,21-23H2,1-5H3. The van der Waals surface area contributed by atoms with Crippen molar-refractivity contribution in [1.29, 1.82) is 0 Å². The second-order valence-corrected chi connectivity index (χ2v) is 10.6. The third-order valence-electron chi connectivity index (χ3n) is 5.96. The van der Waals surface area contributed by atoms with Crippen LogP contribution in [0, 0.1) is 11.3 Å². The van der Waals surface area contributed by atoms with Crippen LogP contribution in [0.2, 0.25) is 0 Å². The van der Waals surface area contributed by atoms with Gasteiger partial charge in [-0.25, -0.2) is 4.79 Å². The summed E-state index contributed by atoms with van der Waals surface area (Å²) in [5, 5.41) is 3.42. The zero-order valence-corrected chi connectivity index (χ0v) is 22.4. The van der Waals surface area contributed by atoms with Crippen LogP contribution in [0.5, 0.6) is 0 Å². The minimum Gasteiger partial charge on any atom is -0.466 e. The van der Waals surface area contributed by atoms with Gasteiger partial charge >= 0.3 is 11.9 Å². The van der Waals surface area contributed by atoms with Gasteiger partial charge in [-0.05, 0) is 56.4 Å². The van der Waals surface area contributed by atoms with Gasteiger partial charge in [0, 0.05) is 12.2 Å². The summed E-state index contributed by atoms with van der Waals surface area (Å²) in [4.78, 5) is 23.8. The number of hydrogen-bond acceptors (Lipinski definition) is 5. The molecule has 0 radical (unpaired) electrons. The zero-order chi connectivity index (χ0) is 25.2. The first-order chi connectivity index (χ1) is 16.2. The smallest absolute Gasteiger partial charge is 0.338 e. The van der Waals surface area contributed by atoms with E-state index in [4.69, 9.17) is 9.47 Å². The molecule has 5 heteroatoms. The van der Waals surface area contributed by atoms with E-state index < -0.39 is 11.9 Å². The molecule has 0 aliphatic rings. The molecule has 0 fully saturated rings. The summed E-state index contributed by atoms with van der Waals surface area (Å²) in [6, 6.07) is 7.30. The molecule has 0 aliphatic carbocycles. The largest absolute Gasteiger partial charge is 0.466 e. The van der Waals surface area contributed by atoms with Crippen LogP contribution in [0.3, 0.4) is 0 Å². The van der Waals surface area contributed by atoms with Crippen LogP contribution in [0.25, 0.3) is 0 Å². The predicted octanol–water partition coefficient (Wildman–Crippen LogP) is 7.79. The van der Waals surface area contributed by atoms with E-state index in [9.17, 15) is 9.59 Å². The first kappa shape index (κ1) is 30.0. The van der Waals surface area contributed by atoms with Crippen molar-refractivity contribution < 1.29 is 19.1 Å². The van der Waals surface area contributed by atoms with Crippen LogP contribution in [0.1, 0.15) is 116 Å². The van der Waals surface area contributed by atoms with E-state index in [1.165, 1.54) is 64.2 Å². The number of benzene rings is 1. The number of rotatable bonds is 18. The Balaban J connectivity index is 2.04. The van der Waals surface area contributed by atoms with Crippen molar-refractivity contribution in [1.82, 2.24) is 0 Å². The van der Waals surface area contributed by atoms with E-state index in [0.717, 1.165) is 18.7 Å². The van der Waals surface area contributed by atoms with Gasteiger partial charge in [0.25, 0.3) is 0 Å². The van der Waals surface area contributed by atoms with E-state index in [1.807, 2.05) is 12.1 Å². The minimum absolute atomic E-state index is 0.0229. The molecule has 5 nitrogen and oxygen atoms in total. The molecule has 0 aromatic heterocycles. The quantitative estimate of drug-likeness (QED) is 0.173. The van der Waals surface area contributed by atoms with E-state index in [2.05, 4.69) is 26.1 Å². The molecule has 0 spiro atoms. The van der Waals surface area contributed by atoms with E-state index in [1.54, 1.807) is 26.0 Å². The second kappa shape index (κ2) is 17.4. The molecule has 0 heterocycles. The van der Waals surface area contributed by atoms with E-state index in [0.29, 0.717) is 17.6 Å². The molecule has 1 aromatic rings. The highest BCUT2D eigenvalue weighted by atomic mass is 16.5. The Bertz CT molecular complexity index is 678. The van der Waals surface area contributed by atoms with Gasteiger partial charge < -0.3 is 14.8 Å². The van der Waals surface area contributed by atoms with Crippen LogP contribution in [0.15, 0.2) is 24.3 Å². The Kier molecular flexibility index (Phi) is 15.4. The van der Waals surface area contributed by atoms with Gasteiger partial charge in [0.15, 0.2) is 0 Å². The third kappa shape index (κ3) is 15.0. The maximum atomic E-state index is 12.2. The van der Waals surface area contributed by atoms with Gasteiger partial charge in [-0.15, -0.1) is 0 Å². The molecule has 1 aromatic carbocycles. The molecule has 0 bridgehead atoms. The molecule has 0 amide bonds. The SMILES string of the molecule is CCOC(=O)C(C)COC(=O)c1ccc(NCCCCCCCCCCCCC(C)(C)C)cc1. The molecule has 194 valence electrons. The van der Waals surface area contributed by atoms with Crippen LogP contribution in [-0.2, 0) is 14.3 Å². The highest BCUT2D eigenvalue weighted by Gasteiger charge is 2.17. The highest BCUT2D eigenvalue weighted by Crippen LogP contribution is 2.22.